The predicted molar refractivity (Wildman–Crippen MR) is 79.7 cm³/mol. The molecule has 0 fully saturated rings. The van der Waals surface area contributed by atoms with Crippen molar-refractivity contribution < 1.29 is 31.0 Å². The zero-order valence-electron chi connectivity index (χ0n) is 11.5. The molecule has 4 nitrogen and oxygen atoms in total. The summed E-state index contributed by atoms with van der Waals surface area (Å²) in [6.45, 7) is 0. The van der Waals surface area contributed by atoms with Crippen molar-refractivity contribution in [3.63, 3.8) is 0 Å². The molecule has 22 heavy (non-hydrogen) atoms. The van der Waals surface area contributed by atoms with E-state index in [-0.39, 0.29) is 26.8 Å². The fourth-order valence-electron chi connectivity index (χ4n) is 1.56. The Bertz CT molecular complexity index is 639. The van der Waals surface area contributed by atoms with E-state index in [1.54, 1.807) is 18.3 Å². The minimum atomic E-state index is -0.990. The van der Waals surface area contributed by atoms with Gasteiger partial charge in [-0.2, -0.15) is 0 Å². The summed E-state index contributed by atoms with van der Waals surface area (Å²) >= 11 is 0. The number of aromatic carboxylic acids is 1. The maximum Gasteiger partial charge on any atom is 0.354 e. The van der Waals surface area contributed by atoms with Gasteiger partial charge in [0.1, 0.15) is 5.69 Å². The summed E-state index contributed by atoms with van der Waals surface area (Å²) in [4.78, 5) is 17.9. The summed E-state index contributed by atoms with van der Waals surface area (Å²) < 4.78 is 0. The first-order chi connectivity index (χ1) is 10.3. The fourth-order valence-corrected chi connectivity index (χ4v) is 1.56. The van der Waals surface area contributed by atoms with E-state index in [2.05, 4.69) is 16.0 Å². The molecule has 5 heteroatoms. The maximum absolute atomic E-state index is 10.1. The van der Waals surface area contributed by atoms with Gasteiger partial charge in [0.05, 0.1) is 0 Å². The van der Waals surface area contributed by atoms with Crippen LogP contribution in [0.15, 0.2) is 73.1 Å². The van der Waals surface area contributed by atoms with Crippen LogP contribution < -0.4 is 0 Å². The Balaban J connectivity index is 0.000000219. The molecule has 0 spiro atoms. The van der Waals surface area contributed by atoms with Crippen LogP contribution in [-0.4, -0.2) is 21.0 Å². The minimum Gasteiger partial charge on any atom is -0.477 e. The molecule has 3 aromatic rings. The number of carbonyl (C=O) groups is 1. The molecule has 0 aliphatic rings. The number of hydrogen-bond acceptors (Lipinski definition) is 3. The van der Waals surface area contributed by atoms with Crippen molar-refractivity contribution in [1.29, 1.82) is 0 Å². The normalized spacial score (nSPS) is 8.91. The average Bonchev–Trinajstić information content (AvgIpc) is 2.58. The standard InChI is InChI=1S/C11H8N.C6H5NO2.Pt/c1-2-6-10(7-3-1)11-8-4-5-9-12-11;8-6(9)5-3-1-2-4-7-5;/h1-6,8-9H;1-4H,(H,8,9);/q-1;;. The van der Waals surface area contributed by atoms with Crippen molar-refractivity contribution in [2.45, 2.75) is 0 Å². The number of pyridine rings is 2. The summed E-state index contributed by atoms with van der Waals surface area (Å²) in [7, 11) is 0. The number of benzene rings is 1. The van der Waals surface area contributed by atoms with E-state index < -0.39 is 5.97 Å². The van der Waals surface area contributed by atoms with Crippen molar-refractivity contribution in [1.82, 2.24) is 9.97 Å². The number of aromatic nitrogens is 2. The molecule has 1 aromatic carbocycles. The summed E-state index contributed by atoms with van der Waals surface area (Å²) in [5.41, 5.74) is 2.09. The Morgan fingerprint density at radius 3 is 2.05 bits per heavy atom. The maximum atomic E-state index is 10.1. The van der Waals surface area contributed by atoms with Gasteiger partial charge < -0.3 is 10.1 Å². The zero-order chi connectivity index (χ0) is 14.9. The molecule has 0 amide bonds. The molecule has 114 valence electrons. The van der Waals surface area contributed by atoms with Gasteiger partial charge in [0.15, 0.2) is 0 Å². The van der Waals surface area contributed by atoms with E-state index in [1.165, 1.54) is 12.3 Å². The van der Waals surface area contributed by atoms with E-state index in [4.69, 9.17) is 5.11 Å². The van der Waals surface area contributed by atoms with Gasteiger partial charge in [0, 0.05) is 33.5 Å². The van der Waals surface area contributed by atoms with E-state index >= 15 is 0 Å². The van der Waals surface area contributed by atoms with Gasteiger partial charge in [-0.15, -0.1) is 35.9 Å². The van der Waals surface area contributed by atoms with Gasteiger partial charge in [0.2, 0.25) is 0 Å². The summed E-state index contributed by atoms with van der Waals surface area (Å²) in [6.07, 6.45) is 3.24. The summed E-state index contributed by atoms with van der Waals surface area (Å²) in [5, 5.41) is 8.32. The monoisotopic (exact) mass is 472 g/mol. The van der Waals surface area contributed by atoms with Gasteiger partial charge in [-0.05, 0) is 23.9 Å². The molecule has 3 rings (SSSR count). The molecule has 0 radical (unpaired) electrons. The van der Waals surface area contributed by atoms with E-state index in [0.717, 1.165) is 11.3 Å². The number of carboxylic acids is 1. The number of rotatable bonds is 2. The van der Waals surface area contributed by atoms with Gasteiger partial charge >= 0.3 is 5.97 Å². The van der Waals surface area contributed by atoms with Crippen molar-refractivity contribution in [2.24, 2.45) is 0 Å². The molecule has 0 unspecified atom stereocenters. The topological polar surface area (TPSA) is 63.1 Å². The van der Waals surface area contributed by atoms with Crippen LogP contribution in [-0.2, 0) is 21.1 Å². The SMILES string of the molecule is O=C(O)c1ccccn1.[Pt].[c-]1ccccc1-c1ccccn1. The Kier molecular flexibility index (Phi) is 7.72. The smallest absolute Gasteiger partial charge is 0.354 e. The first-order valence-corrected chi connectivity index (χ1v) is 6.30. The van der Waals surface area contributed by atoms with E-state index in [9.17, 15) is 4.79 Å². The molecule has 0 saturated heterocycles. The van der Waals surface area contributed by atoms with Crippen molar-refractivity contribution in [3.05, 3.63) is 84.8 Å². The molecule has 2 heterocycles. The van der Waals surface area contributed by atoms with Crippen LogP contribution in [0.1, 0.15) is 10.5 Å². The predicted octanol–water partition coefficient (Wildman–Crippen LogP) is 3.33. The molecule has 0 aliphatic carbocycles. The molecule has 0 atom stereocenters. The van der Waals surface area contributed by atoms with Crippen molar-refractivity contribution >= 4 is 5.97 Å². The second kappa shape index (κ2) is 9.58. The third kappa shape index (κ3) is 5.58. The average molecular weight is 472 g/mol. The van der Waals surface area contributed by atoms with Gasteiger partial charge in [-0.3, -0.25) is 0 Å². The van der Waals surface area contributed by atoms with Crippen LogP contribution in [0.25, 0.3) is 11.3 Å². The minimum absolute atomic E-state index is 0. The van der Waals surface area contributed by atoms with Crippen LogP contribution in [0, 0.1) is 6.07 Å². The second-order valence-corrected chi connectivity index (χ2v) is 4.01. The Labute approximate surface area is 143 Å². The quantitative estimate of drug-likeness (QED) is 0.582. The van der Waals surface area contributed by atoms with E-state index in [0.29, 0.717) is 0 Å². The number of nitrogens with zero attached hydrogens (tertiary/aromatic N) is 2. The molecular formula is C17H13N2O2Pt-. The van der Waals surface area contributed by atoms with Crippen LogP contribution in [0.3, 0.4) is 0 Å². The molecule has 1 N–H and O–H groups in total. The Hall–Kier alpha value is -2.32. The van der Waals surface area contributed by atoms with Crippen molar-refractivity contribution in [3.8, 4) is 11.3 Å². The number of carboxylic acid groups (broad SMARTS) is 1. The van der Waals surface area contributed by atoms with Crippen LogP contribution in [0.4, 0.5) is 0 Å². The molecular weight excluding hydrogens is 459 g/mol. The third-order valence-electron chi connectivity index (χ3n) is 2.53. The van der Waals surface area contributed by atoms with Crippen LogP contribution in [0.5, 0.6) is 0 Å². The molecule has 0 aliphatic heterocycles. The summed E-state index contributed by atoms with van der Waals surface area (Å²) in [5.74, 6) is -0.990. The fraction of sp³-hybridized carbons (Fsp3) is 0. The number of hydrogen-bond donors (Lipinski definition) is 1. The third-order valence-corrected chi connectivity index (χ3v) is 2.53. The largest absolute Gasteiger partial charge is 0.477 e. The van der Waals surface area contributed by atoms with Crippen LogP contribution >= 0.6 is 0 Å². The van der Waals surface area contributed by atoms with Gasteiger partial charge in [-0.25, -0.2) is 9.78 Å². The van der Waals surface area contributed by atoms with Gasteiger partial charge in [0.25, 0.3) is 0 Å². The van der Waals surface area contributed by atoms with E-state index in [1.807, 2.05) is 42.5 Å². The Morgan fingerprint density at radius 1 is 0.909 bits per heavy atom. The molecule has 2 aromatic heterocycles. The molecule has 0 bridgehead atoms. The van der Waals surface area contributed by atoms with Gasteiger partial charge in [-0.1, -0.05) is 18.2 Å². The van der Waals surface area contributed by atoms with Crippen molar-refractivity contribution in [2.75, 3.05) is 0 Å². The summed E-state index contributed by atoms with van der Waals surface area (Å²) in [6, 6.07) is 21.6. The van der Waals surface area contributed by atoms with Crippen LogP contribution in [0.2, 0.25) is 0 Å². The Morgan fingerprint density at radius 2 is 1.59 bits per heavy atom. The first kappa shape index (κ1) is 17.7. The molecule has 0 saturated carbocycles. The zero-order valence-corrected chi connectivity index (χ0v) is 13.8. The first-order valence-electron chi connectivity index (χ1n) is 6.30. The second-order valence-electron chi connectivity index (χ2n) is 4.01.